The first-order chi connectivity index (χ1) is 17.2. The van der Waals surface area contributed by atoms with Crippen LogP contribution in [-0.2, 0) is 17.6 Å². The summed E-state index contributed by atoms with van der Waals surface area (Å²) < 4.78 is 10.7. The number of methoxy groups -OCH3 is 2. The van der Waals surface area contributed by atoms with Gasteiger partial charge in [0.25, 0.3) is 0 Å². The molecule has 1 N–H and O–H groups in total. The van der Waals surface area contributed by atoms with Crippen LogP contribution in [0.15, 0.2) is 72.8 Å². The van der Waals surface area contributed by atoms with E-state index in [4.69, 9.17) is 9.47 Å². The fourth-order valence-electron chi connectivity index (χ4n) is 5.43. The lowest BCUT2D eigenvalue weighted by Crippen LogP contribution is -2.61. The van der Waals surface area contributed by atoms with Crippen LogP contribution in [0.25, 0.3) is 0 Å². The molecule has 2 aliphatic heterocycles. The normalized spacial score (nSPS) is 18.9. The highest BCUT2D eigenvalue weighted by atomic mass is 16.5. The second-order valence-electron chi connectivity index (χ2n) is 9.21. The van der Waals surface area contributed by atoms with E-state index in [2.05, 4.69) is 63.6 Å². The molecule has 3 aromatic rings. The second-order valence-corrected chi connectivity index (χ2v) is 9.21. The molecule has 35 heavy (non-hydrogen) atoms. The quantitative estimate of drug-likeness (QED) is 0.566. The van der Waals surface area contributed by atoms with Crippen LogP contribution in [-0.4, -0.2) is 52.3 Å². The number of rotatable bonds is 7. The zero-order valence-electron chi connectivity index (χ0n) is 20.4. The SMILES string of the molecule is COc1ccc(CCNC(=O)[C@@H]2Cc3ccccc3N3CCN(c4ccccc4)C[C@@H]23)cc1OC. The van der Waals surface area contributed by atoms with E-state index in [9.17, 15) is 4.79 Å². The predicted molar refractivity (Wildman–Crippen MR) is 140 cm³/mol. The van der Waals surface area contributed by atoms with E-state index >= 15 is 0 Å². The molecule has 2 aliphatic rings. The number of anilines is 2. The average Bonchev–Trinajstić information content (AvgIpc) is 2.92. The third kappa shape index (κ3) is 4.78. The maximum Gasteiger partial charge on any atom is 0.225 e. The molecule has 0 aliphatic carbocycles. The minimum absolute atomic E-state index is 0.0955. The minimum Gasteiger partial charge on any atom is -0.493 e. The van der Waals surface area contributed by atoms with Gasteiger partial charge in [0.2, 0.25) is 5.91 Å². The van der Waals surface area contributed by atoms with E-state index in [1.807, 2.05) is 24.3 Å². The Morgan fingerprint density at radius 3 is 2.51 bits per heavy atom. The number of carbonyl (C=O) groups excluding carboxylic acids is 1. The summed E-state index contributed by atoms with van der Waals surface area (Å²) in [6.07, 6.45) is 1.50. The molecule has 6 heteroatoms. The van der Waals surface area contributed by atoms with Gasteiger partial charge in [0, 0.05) is 37.6 Å². The molecule has 3 aromatic carbocycles. The Hall–Kier alpha value is -3.67. The third-order valence-electron chi connectivity index (χ3n) is 7.24. The Morgan fingerprint density at radius 2 is 1.71 bits per heavy atom. The Kier molecular flexibility index (Phi) is 6.80. The number of fused-ring (bicyclic) bond motifs is 3. The average molecular weight is 472 g/mol. The number of benzene rings is 3. The van der Waals surface area contributed by atoms with Gasteiger partial charge in [0.1, 0.15) is 0 Å². The first-order valence-corrected chi connectivity index (χ1v) is 12.3. The third-order valence-corrected chi connectivity index (χ3v) is 7.24. The van der Waals surface area contributed by atoms with Crippen molar-refractivity contribution in [3.8, 4) is 11.5 Å². The van der Waals surface area contributed by atoms with Crippen LogP contribution in [0.5, 0.6) is 11.5 Å². The van der Waals surface area contributed by atoms with Crippen molar-refractivity contribution in [1.29, 1.82) is 0 Å². The number of carbonyl (C=O) groups is 1. The molecule has 1 fully saturated rings. The van der Waals surface area contributed by atoms with Gasteiger partial charge in [0.15, 0.2) is 11.5 Å². The number of nitrogens with one attached hydrogen (secondary N) is 1. The summed E-state index contributed by atoms with van der Waals surface area (Å²) >= 11 is 0. The molecule has 5 rings (SSSR count). The highest BCUT2D eigenvalue weighted by Gasteiger charge is 2.41. The number of piperazine rings is 1. The summed E-state index contributed by atoms with van der Waals surface area (Å²) in [7, 11) is 3.27. The zero-order chi connectivity index (χ0) is 24.2. The summed E-state index contributed by atoms with van der Waals surface area (Å²) in [6.45, 7) is 3.28. The van der Waals surface area contributed by atoms with E-state index < -0.39 is 0 Å². The Bertz CT molecular complexity index is 1170. The van der Waals surface area contributed by atoms with Crippen molar-refractivity contribution in [3.63, 3.8) is 0 Å². The second kappa shape index (κ2) is 10.3. The smallest absolute Gasteiger partial charge is 0.225 e. The molecular formula is C29H33N3O3. The van der Waals surface area contributed by atoms with Gasteiger partial charge >= 0.3 is 0 Å². The Labute approximate surface area is 207 Å². The lowest BCUT2D eigenvalue weighted by molar-refractivity contribution is -0.125. The lowest BCUT2D eigenvalue weighted by Gasteiger charge is -2.49. The van der Waals surface area contributed by atoms with Crippen molar-refractivity contribution in [3.05, 3.63) is 83.9 Å². The van der Waals surface area contributed by atoms with Crippen LogP contribution in [0, 0.1) is 5.92 Å². The molecule has 0 unspecified atom stereocenters. The van der Waals surface area contributed by atoms with E-state index in [1.165, 1.54) is 16.9 Å². The van der Waals surface area contributed by atoms with Crippen molar-refractivity contribution in [2.24, 2.45) is 5.92 Å². The van der Waals surface area contributed by atoms with Gasteiger partial charge in [-0.25, -0.2) is 0 Å². The van der Waals surface area contributed by atoms with Crippen molar-refractivity contribution >= 4 is 17.3 Å². The maximum atomic E-state index is 13.5. The zero-order valence-corrected chi connectivity index (χ0v) is 20.4. The summed E-state index contributed by atoms with van der Waals surface area (Å²) in [5, 5.41) is 3.23. The van der Waals surface area contributed by atoms with Gasteiger partial charge in [-0.2, -0.15) is 0 Å². The van der Waals surface area contributed by atoms with Gasteiger partial charge in [-0.15, -0.1) is 0 Å². The molecule has 0 bridgehead atoms. The van der Waals surface area contributed by atoms with Crippen LogP contribution >= 0.6 is 0 Å². The van der Waals surface area contributed by atoms with Crippen LogP contribution in [0.2, 0.25) is 0 Å². The molecule has 0 spiro atoms. The molecule has 0 saturated carbocycles. The van der Waals surface area contributed by atoms with Crippen molar-refractivity contribution in [2.75, 3.05) is 50.2 Å². The van der Waals surface area contributed by atoms with E-state index in [-0.39, 0.29) is 17.9 Å². The van der Waals surface area contributed by atoms with E-state index in [0.717, 1.165) is 38.0 Å². The van der Waals surface area contributed by atoms with Gasteiger partial charge in [0.05, 0.1) is 26.2 Å². The fourth-order valence-corrected chi connectivity index (χ4v) is 5.43. The van der Waals surface area contributed by atoms with Crippen LogP contribution < -0.4 is 24.6 Å². The molecule has 0 aromatic heterocycles. The lowest BCUT2D eigenvalue weighted by atomic mass is 9.83. The maximum absolute atomic E-state index is 13.5. The number of amides is 1. The monoisotopic (exact) mass is 471 g/mol. The fraction of sp³-hybridized carbons (Fsp3) is 0.345. The molecule has 6 nitrogen and oxygen atoms in total. The summed E-state index contributed by atoms with van der Waals surface area (Å²) in [5.41, 5.74) is 4.86. The highest BCUT2D eigenvalue weighted by Crippen LogP contribution is 2.37. The molecule has 182 valence electrons. The highest BCUT2D eigenvalue weighted by molar-refractivity contribution is 5.82. The van der Waals surface area contributed by atoms with E-state index in [0.29, 0.717) is 18.0 Å². The summed E-state index contributed by atoms with van der Waals surface area (Å²) in [6, 6.07) is 25.1. The molecule has 1 saturated heterocycles. The van der Waals surface area contributed by atoms with Gasteiger partial charge in [-0.3, -0.25) is 4.79 Å². The van der Waals surface area contributed by atoms with Crippen molar-refractivity contribution < 1.29 is 14.3 Å². The largest absolute Gasteiger partial charge is 0.493 e. The number of ether oxygens (including phenoxy) is 2. The van der Waals surface area contributed by atoms with Crippen molar-refractivity contribution in [2.45, 2.75) is 18.9 Å². The van der Waals surface area contributed by atoms with Gasteiger partial charge in [-0.05, 0) is 54.3 Å². The van der Waals surface area contributed by atoms with Gasteiger partial charge < -0.3 is 24.6 Å². The van der Waals surface area contributed by atoms with Crippen LogP contribution in [0.1, 0.15) is 11.1 Å². The standard InChI is InChI=1S/C29H33N3O3/c1-34-27-13-12-21(18-28(27)35-2)14-15-30-29(33)24-19-22-8-6-7-11-25(22)32-17-16-31(20-26(24)32)23-9-4-3-5-10-23/h3-13,18,24,26H,14-17,19-20H2,1-2H3,(H,30,33)/t24-,26+/m1/s1. The molecular weight excluding hydrogens is 438 g/mol. The number of nitrogens with zero attached hydrogens (tertiary/aromatic N) is 2. The van der Waals surface area contributed by atoms with Crippen molar-refractivity contribution in [1.82, 2.24) is 5.32 Å². The van der Waals surface area contributed by atoms with Crippen LogP contribution in [0.3, 0.4) is 0 Å². The summed E-state index contributed by atoms with van der Waals surface area (Å²) in [5.74, 6) is 1.45. The molecule has 2 heterocycles. The Balaban J connectivity index is 1.30. The number of hydrogen-bond donors (Lipinski definition) is 1. The molecule has 1 amide bonds. The first-order valence-electron chi connectivity index (χ1n) is 12.3. The molecule has 2 atom stereocenters. The number of hydrogen-bond acceptors (Lipinski definition) is 5. The predicted octanol–water partition coefficient (Wildman–Crippen LogP) is 3.93. The first kappa shape index (κ1) is 23.1. The Morgan fingerprint density at radius 1 is 0.943 bits per heavy atom. The number of para-hydroxylation sites is 2. The van der Waals surface area contributed by atoms with E-state index in [1.54, 1.807) is 14.2 Å². The molecule has 0 radical (unpaired) electrons. The topological polar surface area (TPSA) is 54.0 Å². The summed E-state index contributed by atoms with van der Waals surface area (Å²) in [4.78, 5) is 18.4. The minimum atomic E-state index is -0.0955. The van der Waals surface area contributed by atoms with Gasteiger partial charge in [-0.1, -0.05) is 42.5 Å². The van der Waals surface area contributed by atoms with Crippen LogP contribution in [0.4, 0.5) is 11.4 Å².